The fourth-order valence-electron chi connectivity index (χ4n) is 4.80. The van der Waals surface area contributed by atoms with Crippen LogP contribution in [0, 0.1) is 0 Å². The van der Waals surface area contributed by atoms with E-state index in [-0.39, 0.29) is 29.5 Å². The Morgan fingerprint density at radius 2 is 1.83 bits per heavy atom. The molecule has 7 nitrogen and oxygen atoms in total. The maximum Gasteiger partial charge on any atom is 0.310 e. The Balaban J connectivity index is 1.37. The number of pyridine rings is 1. The fourth-order valence-corrected chi connectivity index (χ4v) is 5.47. The average Bonchev–Trinajstić information content (AvgIpc) is 3.45. The molecule has 2 aromatic heterocycles. The first kappa shape index (κ1) is 23.8. The Morgan fingerprint density at radius 1 is 1.09 bits per heavy atom. The van der Waals surface area contributed by atoms with Crippen molar-refractivity contribution in [3.63, 3.8) is 0 Å². The topological polar surface area (TPSA) is 97.1 Å². The molecule has 5 rings (SSSR count). The Morgan fingerprint density at radius 3 is 2.51 bits per heavy atom. The zero-order chi connectivity index (χ0) is 25.1. The molecule has 13 heteroatoms. The van der Waals surface area contributed by atoms with Gasteiger partial charge in [0.1, 0.15) is 10.7 Å². The first-order valence-electron chi connectivity index (χ1n) is 11.2. The van der Waals surface area contributed by atoms with E-state index in [4.69, 9.17) is 10.5 Å². The highest BCUT2D eigenvalue weighted by atomic mass is 32.5. The van der Waals surface area contributed by atoms with Crippen LogP contribution in [0.15, 0.2) is 35.4 Å². The highest BCUT2D eigenvalue weighted by Crippen LogP contribution is 3.02. The number of anilines is 1. The van der Waals surface area contributed by atoms with Crippen LogP contribution in [0.3, 0.4) is 0 Å². The van der Waals surface area contributed by atoms with Gasteiger partial charge >= 0.3 is 10.2 Å². The summed E-state index contributed by atoms with van der Waals surface area (Å²) in [5.74, 6) is 0.449. The summed E-state index contributed by atoms with van der Waals surface area (Å²) in [5.41, 5.74) is 7.07. The van der Waals surface area contributed by atoms with Gasteiger partial charge in [-0.05, 0) is 49.1 Å². The fraction of sp³-hybridized carbons (Fsp3) is 0.409. The van der Waals surface area contributed by atoms with Gasteiger partial charge in [-0.3, -0.25) is 4.79 Å². The van der Waals surface area contributed by atoms with Crippen molar-refractivity contribution in [2.75, 3.05) is 32.0 Å². The second-order valence-electron chi connectivity index (χ2n) is 9.06. The number of nitrogens with zero attached hydrogens (tertiary/aromatic N) is 3. The van der Waals surface area contributed by atoms with Gasteiger partial charge in [0.05, 0.1) is 11.1 Å². The van der Waals surface area contributed by atoms with E-state index in [1.807, 2.05) is 6.07 Å². The largest absolute Gasteiger partial charge is 0.398 e. The van der Waals surface area contributed by atoms with Gasteiger partial charge in [-0.2, -0.15) is 0 Å². The number of benzene rings is 1. The van der Waals surface area contributed by atoms with Crippen molar-refractivity contribution in [2.45, 2.75) is 36.0 Å². The maximum atomic E-state index is 13.1. The number of ether oxygens (including phenoxy) is 1. The third-order valence-electron chi connectivity index (χ3n) is 6.66. The lowest BCUT2D eigenvalue weighted by Crippen LogP contribution is -2.29. The van der Waals surface area contributed by atoms with Crippen LogP contribution in [0.1, 0.15) is 52.8 Å². The molecule has 0 bridgehead atoms. The second-order valence-corrected chi connectivity index (χ2v) is 11.5. The molecule has 3 N–H and O–H groups in total. The molecule has 2 saturated heterocycles. The van der Waals surface area contributed by atoms with E-state index in [1.54, 1.807) is 6.20 Å². The van der Waals surface area contributed by atoms with Gasteiger partial charge in [-0.25, -0.2) is 9.97 Å². The monoisotopic (exact) mass is 517 g/mol. The van der Waals surface area contributed by atoms with Crippen molar-refractivity contribution in [3.05, 3.63) is 47.4 Å². The van der Waals surface area contributed by atoms with E-state index in [9.17, 15) is 24.2 Å². The number of rotatable bonds is 4. The van der Waals surface area contributed by atoms with Crippen molar-refractivity contribution in [3.8, 4) is 0 Å². The molecule has 1 amide bonds. The van der Waals surface area contributed by atoms with Crippen LogP contribution in [-0.2, 0) is 4.74 Å². The maximum absolute atomic E-state index is 13.1. The lowest BCUT2D eigenvalue weighted by Gasteiger charge is -2.40. The van der Waals surface area contributed by atoms with Crippen LogP contribution in [0.5, 0.6) is 0 Å². The molecule has 1 unspecified atom stereocenters. The number of carbonyl (C=O) groups is 1. The van der Waals surface area contributed by atoms with Crippen LogP contribution < -0.4 is 5.73 Å². The summed E-state index contributed by atoms with van der Waals surface area (Å²) in [4.78, 5) is 24.7. The summed E-state index contributed by atoms with van der Waals surface area (Å²) < 4.78 is 70.8. The minimum atomic E-state index is -9.89. The summed E-state index contributed by atoms with van der Waals surface area (Å²) in [6.45, 7) is 1.99. The molecule has 0 aliphatic carbocycles. The first-order valence-corrected chi connectivity index (χ1v) is 13.1. The minimum Gasteiger partial charge on any atom is -0.398 e. The van der Waals surface area contributed by atoms with Crippen molar-refractivity contribution in [2.24, 2.45) is 0 Å². The molecular weight excluding hydrogens is 493 g/mol. The summed E-state index contributed by atoms with van der Waals surface area (Å²) in [5, 5.41) is 0. The molecule has 1 atom stereocenters. The lowest BCUT2D eigenvalue weighted by molar-refractivity contribution is 0.0791. The van der Waals surface area contributed by atoms with Crippen molar-refractivity contribution in [1.82, 2.24) is 19.9 Å². The number of carbonyl (C=O) groups excluding carboxylic acids is 1. The van der Waals surface area contributed by atoms with Gasteiger partial charge in [0.2, 0.25) is 0 Å². The standard InChI is InChI=1S/C22H24F5N5O2S/c23-35(24,25,26,27)15-1-2-17(18(28)11-15)22(33)32-8-4-14(12-32)16-3-7-29-21-19(16)30-20(31-21)13-5-9-34-10-6-13/h1-3,7,11,13-14H,4-6,8-10,12,28H2,(H,29,30,31). The number of aromatic nitrogens is 3. The van der Waals surface area contributed by atoms with E-state index < -0.39 is 26.7 Å². The van der Waals surface area contributed by atoms with Crippen LogP contribution in [0.25, 0.3) is 11.2 Å². The summed E-state index contributed by atoms with van der Waals surface area (Å²) >= 11 is 0. The number of nitrogens with two attached hydrogens (primary N) is 1. The van der Waals surface area contributed by atoms with Crippen LogP contribution in [-0.4, -0.2) is 52.1 Å². The zero-order valence-electron chi connectivity index (χ0n) is 18.5. The number of hydrogen-bond acceptors (Lipinski definition) is 5. The molecule has 2 aliphatic heterocycles. The number of imidazole rings is 1. The van der Waals surface area contributed by atoms with Crippen molar-refractivity contribution < 1.29 is 29.0 Å². The average molecular weight is 518 g/mol. The first-order chi connectivity index (χ1) is 16.3. The Kier molecular flexibility index (Phi) is 5.12. The third-order valence-corrected chi connectivity index (χ3v) is 7.81. The quantitative estimate of drug-likeness (QED) is 0.341. The van der Waals surface area contributed by atoms with Gasteiger partial charge in [-0.15, -0.1) is 0 Å². The van der Waals surface area contributed by atoms with Gasteiger partial charge in [0.15, 0.2) is 5.65 Å². The molecule has 35 heavy (non-hydrogen) atoms. The Labute approximate surface area is 197 Å². The number of amides is 1. The van der Waals surface area contributed by atoms with Gasteiger partial charge < -0.3 is 20.4 Å². The van der Waals surface area contributed by atoms with Gasteiger partial charge in [0.25, 0.3) is 5.91 Å². The smallest absolute Gasteiger partial charge is 0.310 e. The molecule has 1 aromatic carbocycles. The molecule has 2 aliphatic rings. The zero-order valence-corrected chi connectivity index (χ0v) is 19.3. The number of H-pyrrole nitrogens is 1. The Bertz CT molecular complexity index is 1310. The Hall–Kier alpha value is -2.93. The van der Waals surface area contributed by atoms with E-state index in [2.05, 4.69) is 15.0 Å². The predicted molar refractivity (Wildman–Crippen MR) is 122 cm³/mol. The molecular formula is C22H24F5N5O2S. The van der Waals surface area contributed by atoms with Crippen LogP contribution >= 0.6 is 10.2 Å². The van der Waals surface area contributed by atoms with Crippen LogP contribution in [0.4, 0.5) is 25.1 Å². The summed E-state index contributed by atoms with van der Waals surface area (Å²) in [6.07, 6.45) is 4.00. The number of nitrogens with one attached hydrogen (secondary N) is 1. The SMILES string of the molecule is Nc1cc(S(F)(F)(F)(F)F)ccc1C(=O)N1CCC(c2ccnc3nc(C4CCOCC4)[nH]c23)C1. The number of hydrogen-bond donors (Lipinski definition) is 2. The number of aromatic amines is 1. The molecule has 0 spiro atoms. The van der Waals surface area contributed by atoms with Crippen molar-refractivity contribution >= 4 is 33.0 Å². The van der Waals surface area contributed by atoms with E-state index in [0.29, 0.717) is 38.4 Å². The second kappa shape index (κ2) is 7.53. The molecule has 2 fully saturated rings. The van der Waals surface area contributed by atoms with E-state index in [1.165, 1.54) is 4.90 Å². The molecule has 3 aromatic rings. The molecule has 4 heterocycles. The number of halogens is 5. The van der Waals surface area contributed by atoms with Crippen LogP contribution in [0.2, 0.25) is 0 Å². The third kappa shape index (κ3) is 4.66. The number of nitrogen functional groups attached to an aromatic ring is 1. The number of fused-ring (bicyclic) bond motifs is 1. The van der Waals surface area contributed by atoms with E-state index in [0.717, 1.165) is 35.8 Å². The lowest BCUT2D eigenvalue weighted by atomic mass is 9.98. The highest BCUT2D eigenvalue weighted by Gasteiger charge is 2.65. The highest BCUT2D eigenvalue weighted by molar-refractivity contribution is 8.45. The summed E-state index contributed by atoms with van der Waals surface area (Å²) in [7, 11) is -9.89. The van der Waals surface area contributed by atoms with E-state index >= 15 is 0 Å². The van der Waals surface area contributed by atoms with Gasteiger partial charge in [0, 0.05) is 50.0 Å². The normalized spacial score (nSPS) is 21.7. The predicted octanol–water partition coefficient (Wildman–Crippen LogP) is 5.72. The molecule has 0 saturated carbocycles. The molecule has 190 valence electrons. The van der Waals surface area contributed by atoms with Gasteiger partial charge in [-0.1, -0.05) is 19.4 Å². The summed E-state index contributed by atoms with van der Waals surface area (Å²) in [6, 6.07) is 2.94. The minimum absolute atomic E-state index is 0.0577. The molecule has 0 radical (unpaired) electrons. The number of likely N-dealkylation sites (tertiary alicyclic amines) is 1. The van der Waals surface area contributed by atoms with Crippen molar-refractivity contribution in [1.29, 1.82) is 0 Å².